The lowest BCUT2D eigenvalue weighted by Crippen LogP contribution is -2.38. The van der Waals surface area contributed by atoms with Crippen molar-refractivity contribution in [2.45, 2.75) is 12.6 Å². The molecule has 2 amide bonds. The molecular weight excluding hydrogens is 315 g/mol. The van der Waals surface area contributed by atoms with Gasteiger partial charge in [-0.05, 0) is 17.2 Å². The molecule has 126 valence electrons. The fraction of sp³-hybridized carbons (Fsp3) is 0.0952. The lowest BCUT2D eigenvalue weighted by molar-refractivity contribution is 0.238. The predicted octanol–water partition coefficient (Wildman–Crippen LogP) is 4.41. The van der Waals surface area contributed by atoms with E-state index in [1.807, 2.05) is 60.7 Å². The molecule has 0 saturated carbocycles. The number of halogens is 1. The van der Waals surface area contributed by atoms with Crippen LogP contribution in [0.4, 0.5) is 9.18 Å². The number of carbonyl (C=O) groups excluding carboxylic acids is 1. The Hall–Kier alpha value is -3.14. The topological polar surface area (TPSA) is 41.1 Å². The Morgan fingerprint density at radius 3 is 1.88 bits per heavy atom. The number of rotatable bonds is 5. The molecule has 3 nitrogen and oxygen atoms in total. The summed E-state index contributed by atoms with van der Waals surface area (Å²) in [6, 6.07) is 25.3. The second-order valence-electron chi connectivity index (χ2n) is 5.67. The van der Waals surface area contributed by atoms with E-state index in [2.05, 4.69) is 10.6 Å². The standard InChI is InChI=1S/C21H19FN2O/c22-19-14-8-7-13-18(19)15-23-21(25)24-20(16-9-3-1-4-10-16)17-11-5-2-6-12-17/h1-14,20H,15H2,(H2,23,24,25). The van der Waals surface area contributed by atoms with Crippen LogP contribution < -0.4 is 10.6 Å². The summed E-state index contributed by atoms with van der Waals surface area (Å²) in [5.41, 5.74) is 2.41. The first-order chi connectivity index (χ1) is 12.2. The van der Waals surface area contributed by atoms with Gasteiger partial charge in [0, 0.05) is 12.1 Å². The van der Waals surface area contributed by atoms with Gasteiger partial charge in [0.1, 0.15) is 5.82 Å². The zero-order valence-electron chi connectivity index (χ0n) is 13.7. The first-order valence-corrected chi connectivity index (χ1v) is 8.11. The Morgan fingerprint density at radius 2 is 1.32 bits per heavy atom. The predicted molar refractivity (Wildman–Crippen MR) is 96.5 cm³/mol. The Morgan fingerprint density at radius 1 is 0.800 bits per heavy atom. The molecule has 0 aromatic heterocycles. The monoisotopic (exact) mass is 334 g/mol. The molecule has 0 radical (unpaired) electrons. The maximum absolute atomic E-state index is 13.7. The summed E-state index contributed by atoms with van der Waals surface area (Å²) in [7, 11) is 0. The fourth-order valence-electron chi connectivity index (χ4n) is 2.65. The molecular formula is C21H19FN2O. The average Bonchev–Trinajstić information content (AvgIpc) is 2.67. The number of hydrogen-bond donors (Lipinski definition) is 2. The van der Waals surface area contributed by atoms with Crippen LogP contribution in [0, 0.1) is 5.82 Å². The zero-order chi connectivity index (χ0) is 17.5. The second kappa shape index (κ2) is 8.11. The molecule has 0 fully saturated rings. The summed E-state index contributed by atoms with van der Waals surface area (Å²) in [4.78, 5) is 12.3. The van der Waals surface area contributed by atoms with Crippen molar-refractivity contribution >= 4 is 6.03 Å². The van der Waals surface area contributed by atoms with Crippen molar-refractivity contribution < 1.29 is 9.18 Å². The van der Waals surface area contributed by atoms with Gasteiger partial charge in [0.15, 0.2) is 0 Å². The van der Waals surface area contributed by atoms with Crippen molar-refractivity contribution in [3.8, 4) is 0 Å². The van der Waals surface area contributed by atoms with Crippen LogP contribution in [-0.4, -0.2) is 6.03 Å². The smallest absolute Gasteiger partial charge is 0.315 e. The molecule has 2 N–H and O–H groups in total. The maximum atomic E-state index is 13.7. The number of nitrogens with one attached hydrogen (secondary N) is 2. The minimum Gasteiger partial charge on any atom is -0.334 e. The van der Waals surface area contributed by atoms with Crippen LogP contribution in [-0.2, 0) is 6.54 Å². The van der Waals surface area contributed by atoms with Gasteiger partial charge >= 0.3 is 6.03 Å². The molecule has 3 aromatic rings. The van der Waals surface area contributed by atoms with E-state index < -0.39 is 0 Å². The maximum Gasteiger partial charge on any atom is 0.315 e. The minimum atomic E-state index is -0.346. The molecule has 3 rings (SSSR count). The van der Waals surface area contributed by atoms with E-state index in [-0.39, 0.29) is 24.4 Å². The highest BCUT2D eigenvalue weighted by Crippen LogP contribution is 2.21. The molecule has 0 saturated heterocycles. The molecule has 0 bridgehead atoms. The van der Waals surface area contributed by atoms with E-state index in [4.69, 9.17) is 0 Å². The van der Waals surface area contributed by atoms with Gasteiger partial charge in [-0.25, -0.2) is 9.18 Å². The molecule has 0 spiro atoms. The van der Waals surface area contributed by atoms with Crippen LogP contribution >= 0.6 is 0 Å². The third-order valence-electron chi connectivity index (χ3n) is 3.94. The van der Waals surface area contributed by atoms with Gasteiger partial charge < -0.3 is 10.6 Å². The number of benzene rings is 3. The summed E-state index contributed by atoms with van der Waals surface area (Å²) in [5.74, 6) is -0.328. The first-order valence-electron chi connectivity index (χ1n) is 8.11. The van der Waals surface area contributed by atoms with Gasteiger partial charge in [-0.15, -0.1) is 0 Å². The normalized spacial score (nSPS) is 10.5. The number of hydrogen-bond acceptors (Lipinski definition) is 1. The van der Waals surface area contributed by atoms with Gasteiger partial charge in [0.25, 0.3) is 0 Å². The van der Waals surface area contributed by atoms with Crippen molar-refractivity contribution in [1.29, 1.82) is 0 Å². The summed E-state index contributed by atoms with van der Waals surface area (Å²) < 4.78 is 13.7. The Bertz CT molecular complexity index is 782. The third kappa shape index (κ3) is 4.44. The zero-order valence-corrected chi connectivity index (χ0v) is 13.7. The summed E-state index contributed by atoms with van der Waals surface area (Å²) in [5, 5.41) is 5.69. The fourth-order valence-corrected chi connectivity index (χ4v) is 2.65. The second-order valence-corrected chi connectivity index (χ2v) is 5.67. The van der Waals surface area contributed by atoms with Crippen LogP contribution in [0.3, 0.4) is 0 Å². The summed E-state index contributed by atoms with van der Waals surface area (Å²) in [6.07, 6.45) is 0. The van der Waals surface area contributed by atoms with E-state index in [9.17, 15) is 9.18 Å². The number of carbonyl (C=O) groups is 1. The SMILES string of the molecule is O=C(NCc1ccccc1F)NC(c1ccccc1)c1ccccc1. The Labute approximate surface area is 146 Å². The minimum absolute atomic E-state index is 0.134. The van der Waals surface area contributed by atoms with Crippen molar-refractivity contribution in [2.24, 2.45) is 0 Å². The van der Waals surface area contributed by atoms with Crippen molar-refractivity contribution in [3.05, 3.63) is 107 Å². The van der Waals surface area contributed by atoms with Crippen LogP contribution in [0.25, 0.3) is 0 Å². The van der Waals surface area contributed by atoms with Gasteiger partial charge in [0.2, 0.25) is 0 Å². The van der Waals surface area contributed by atoms with Gasteiger partial charge in [-0.3, -0.25) is 0 Å². The van der Waals surface area contributed by atoms with Crippen molar-refractivity contribution in [1.82, 2.24) is 10.6 Å². The van der Waals surface area contributed by atoms with Crippen LogP contribution in [0.1, 0.15) is 22.7 Å². The highest BCUT2D eigenvalue weighted by atomic mass is 19.1. The van der Waals surface area contributed by atoms with Gasteiger partial charge in [-0.1, -0.05) is 78.9 Å². The van der Waals surface area contributed by atoms with Crippen LogP contribution in [0.5, 0.6) is 0 Å². The van der Waals surface area contributed by atoms with E-state index in [1.54, 1.807) is 18.2 Å². The number of urea groups is 1. The highest BCUT2D eigenvalue weighted by Gasteiger charge is 2.16. The summed E-state index contributed by atoms with van der Waals surface area (Å²) in [6.45, 7) is 0.134. The van der Waals surface area contributed by atoms with Crippen molar-refractivity contribution in [3.63, 3.8) is 0 Å². The molecule has 0 aliphatic rings. The Balaban J connectivity index is 1.72. The molecule has 25 heavy (non-hydrogen) atoms. The number of amides is 2. The molecule has 0 unspecified atom stereocenters. The lowest BCUT2D eigenvalue weighted by atomic mass is 9.99. The largest absolute Gasteiger partial charge is 0.334 e. The van der Waals surface area contributed by atoms with Crippen LogP contribution in [0.2, 0.25) is 0 Å². The first kappa shape index (κ1) is 16.7. The molecule has 0 heterocycles. The summed E-state index contributed by atoms with van der Waals surface area (Å²) >= 11 is 0. The molecule has 3 aromatic carbocycles. The van der Waals surface area contributed by atoms with Crippen LogP contribution in [0.15, 0.2) is 84.9 Å². The lowest BCUT2D eigenvalue weighted by Gasteiger charge is -2.20. The van der Waals surface area contributed by atoms with Gasteiger partial charge in [-0.2, -0.15) is 0 Å². The van der Waals surface area contributed by atoms with Crippen molar-refractivity contribution in [2.75, 3.05) is 0 Å². The van der Waals surface area contributed by atoms with E-state index in [0.29, 0.717) is 5.56 Å². The molecule has 0 aliphatic heterocycles. The third-order valence-corrected chi connectivity index (χ3v) is 3.94. The molecule has 4 heteroatoms. The average molecular weight is 334 g/mol. The van der Waals surface area contributed by atoms with E-state index >= 15 is 0 Å². The van der Waals surface area contributed by atoms with E-state index in [0.717, 1.165) is 11.1 Å². The highest BCUT2D eigenvalue weighted by molar-refractivity contribution is 5.75. The van der Waals surface area contributed by atoms with Gasteiger partial charge in [0.05, 0.1) is 6.04 Å². The quantitative estimate of drug-likeness (QED) is 0.713. The molecule has 0 atom stereocenters. The molecule has 0 aliphatic carbocycles. The van der Waals surface area contributed by atoms with E-state index in [1.165, 1.54) is 6.07 Å². The Kier molecular flexibility index (Phi) is 5.42.